The Kier molecular flexibility index (Phi) is 7.61. The third-order valence-corrected chi connectivity index (χ3v) is 5.29. The third kappa shape index (κ3) is 7.71. The fourth-order valence-corrected chi connectivity index (χ4v) is 3.68. The molecule has 15 heteroatoms. The number of phenolic OH excluding ortho intramolecular Hbond substituents is 3. The van der Waals surface area contributed by atoms with Crippen LogP contribution in [-0.2, 0) is 29.2 Å². The van der Waals surface area contributed by atoms with Crippen LogP contribution in [0.4, 0.5) is 0 Å². The van der Waals surface area contributed by atoms with E-state index in [4.69, 9.17) is 9.11 Å². The van der Waals surface area contributed by atoms with Crippen molar-refractivity contribution in [1.29, 1.82) is 0 Å². The van der Waals surface area contributed by atoms with Crippen molar-refractivity contribution in [1.82, 2.24) is 0 Å². The van der Waals surface area contributed by atoms with Crippen molar-refractivity contribution < 1.29 is 49.6 Å². The summed E-state index contributed by atoms with van der Waals surface area (Å²) in [5.41, 5.74) is 0.0976. The molecule has 11 nitrogen and oxygen atoms in total. The van der Waals surface area contributed by atoms with Gasteiger partial charge in [0.05, 0.1) is 8.95 Å². The first-order chi connectivity index (χ1) is 14.1. The number of hydrogen-bond acceptors (Lipinski definition) is 9. The topological polar surface area (TPSA) is 188 Å². The van der Waals surface area contributed by atoms with Crippen LogP contribution in [0.1, 0.15) is 11.1 Å². The first kappa shape index (κ1) is 25.0. The highest BCUT2D eigenvalue weighted by Crippen LogP contribution is 2.36. The van der Waals surface area contributed by atoms with Crippen molar-refractivity contribution in [3.05, 3.63) is 61.9 Å². The van der Waals surface area contributed by atoms with E-state index in [1.54, 1.807) is 0 Å². The van der Waals surface area contributed by atoms with Gasteiger partial charge in [-0.1, -0.05) is 6.07 Å². The van der Waals surface area contributed by atoms with Crippen LogP contribution in [0.25, 0.3) is 12.2 Å². The first-order valence-electron chi connectivity index (χ1n) is 7.62. The van der Waals surface area contributed by atoms with Crippen LogP contribution in [0, 0.1) is 0 Å². The Balaban J connectivity index is 2.74. The van der Waals surface area contributed by atoms with Gasteiger partial charge in [-0.3, -0.25) is 9.11 Å². The number of benzene rings is 2. The van der Waals surface area contributed by atoms with Crippen LogP contribution in [0.5, 0.6) is 17.2 Å². The summed E-state index contributed by atoms with van der Waals surface area (Å²) in [7, 11) is -10.4. The van der Waals surface area contributed by atoms with E-state index in [-0.39, 0.29) is 25.8 Å². The van der Waals surface area contributed by atoms with E-state index >= 15 is 0 Å². The molecule has 2 aromatic rings. The summed E-state index contributed by atoms with van der Waals surface area (Å²) in [6.07, 6.45) is 1.73. The van der Waals surface area contributed by atoms with Gasteiger partial charge in [0.25, 0.3) is 0 Å². The number of phenols is 3. The second kappa shape index (κ2) is 9.46. The zero-order valence-electron chi connectivity index (χ0n) is 14.8. The Morgan fingerprint density at radius 1 is 0.742 bits per heavy atom. The minimum Gasteiger partial charge on any atom is -0.507 e. The molecule has 0 aliphatic rings. The Morgan fingerprint density at radius 2 is 1.23 bits per heavy atom. The van der Waals surface area contributed by atoms with Gasteiger partial charge < -0.3 is 23.7 Å². The van der Waals surface area contributed by atoms with Crippen molar-refractivity contribution in [3.8, 4) is 17.2 Å². The second-order valence-electron chi connectivity index (χ2n) is 5.62. The molecule has 31 heavy (non-hydrogen) atoms. The average Bonchev–Trinajstić information content (AvgIpc) is 2.59. The van der Waals surface area contributed by atoms with Gasteiger partial charge in [-0.2, -0.15) is 16.8 Å². The molecule has 0 unspecified atom stereocenters. The van der Waals surface area contributed by atoms with E-state index in [9.17, 15) is 32.2 Å². The Hall–Kier alpha value is -2.30. The van der Waals surface area contributed by atoms with Crippen LogP contribution in [0.2, 0.25) is 0 Å². The molecule has 0 atom stereocenters. The smallest absolute Gasteiger partial charge is 0.446 e. The second-order valence-corrected chi connectivity index (χ2v) is 9.37. The quantitative estimate of drug-likeness (QED) is 0.135. The minimum atomic E-state index is -5.22. The van der Waals surface area contributed by atoms with Gasteiger partial charge in [0.2, 0.25) is 0 Å². The predicted molar refractivity (Wildman–Crippen MR) is 114 cm³/mol. The van der Waals surface area contributed by atoms with Crippen LogP contribution in [0.15, 0.2) is 50.8 Å². The maximum Gasteiger partial charge on any atom is 0.446 e. The molecule has 2 rings (SSSR count). The van der Waals surface area contributed by atoms with Gasteiger partial charge >= 0.3 is 20.8 Å². The van der Waals surface area contributed by atoms with E-state index in [2.05, 4.69) is 40.2 Å². The monoisotopic (exact) mass is 602 g/mol. The lowest BCUT2D eigenvalue weighted by Gasteiger charge is -2.12. The number of aromatic hydroxyl groups is 3. The normalized spacial score (nSPS) is 13.2. The lowest BCUT2D eigenvalue weighted by molar-refractivity contribution is 0.289. The van der Waals surface area contributed by atoms with Crippen molar-refractivity contribution in [2.24, 2.45) is 0 Å². The van der Waals surface area contributed by atoms with Crippen LogP contribution >= 0.6 is 31.9 Å². The van der Waals surface area contributed by atoms with E-state index in [0.717, 1.165) is 18.2 Å². The van der Waals surface area contributed by atoms with Crippen LogP contribution < -0.4 is 0 Å². The molecule has 0 aliphatic carbocycles. The molecule has 0 saturated heterocycles. The highest BCUT2D eigenvalue weighted by atomic mass is 79.9. The summed E-state index contributed by atoms with van der Waals surface area (Å²) in [5.74, 6) is -3.16. The zero-order valence-corrected chi connectivity index (χ0v) is 19.6. The Bertz CT molecular complexity index is 1260. The first-order valence-corrected chi connectivity index (χ1v) is 11.9. The maximum absolute atomic E-state index is 11.3. The van der Waals surface area contributed by atoms with Crippen molar-refractivity contribution in [3.63, 3.8) is 0 Å². The SMILES string of the molecule is O=S(=O)(O)OC(=C\c1ccc(O)c(Br)c1)/C(=C/c1cc(O)c(O)c(Br)c1)OS(=O)(=O)O. The molecule has 0 bridgehead atoms. The molecule has 0 aliphatic heterocycles. The third-order valence-electron chi connectivity index (χ3n) is 3.27. The van der Waals surface area contributed by atoms with E-state index < -0.39 is 43.8 Å². The molecular formula is C16H12Br2O11S2. The molecule has 0 spiro atoms. The molecule has 0 radical (unpaired) electrons. The van der Waals surface area contributed by atoms with E-state index in [1.165, 1.54) is 24.3 Å². The molecule has 0 amide bonds. The summed E-state index contributed by atoms with van der Waals surface area (Å²) in [6.45, 7) is 0. The van der Waals surface area contributed by atoms with Crippen LogP contribution in [-0.4, -0.2) is 41.3 Å². The fourth-order valence-electron chi connectivity index (χ4n) is 2.10. The van der Waals surface area contributed by atoms with Crippen LogP contribution in [0.3, 0.4) is 0 Å². The molecule has 0 fully saturated rings. The molecule has 0 aromatic heterocycles. The largest absolute Gasteiger partial charge is 0.507 e. The lowest BCUT2D eigenvalue weighted by atomic mass is 10.1. The standard InChI is InChI=1S/C16H12Br2O11S2/c17-10-3-8(1-2-12(10)19)6-14(28-30(22,23)24)15(29-31(25,26)27)7-9-4-11(18)16(21)13(20)5-9/h1-7,19-21H,(H,22,23,24)(H,25,26,27)/b14-6-,15-7-. The van der Waals surface area contributed by atoms with E-state index in [1.807, 2.05) is 0 Å². The van der Waals surface area contributed by atoms with Gasteiger partial charge in [-0.25, -0.2) is 0 Å². The Labute approximate surface area is 193 Å². The lowest BCUT2D eigenvalue weighted by Crippen LogP contribution is -2.11. The van der Waals surface area contributed by atoms with Gasteiger partial charge in [0.15, 0.2) is 23.0 Å². The molecule has 2 aromatic carbocycles. The van der Waals surface area contributed by atoms with Crippen molar-refractivity contribution in [2.45, 2.75) is 0 Å². The molecular weight excluding hydrogens is 592 g/mol. The van der Waals surface area contributed by atoms with Gasteiger partial charge in [-0.05, 0) is 79.4 Å². The minimum absolute atomic E-state index is 0.0198. The van der Waals surface area contributed by atoms with Crippen molar-refractivity contribution in [2.75, 3.05) is 0 Å². The fraction of sp³-hybridized carbons (Fsp3) is 0. The highest BCUT2D eigenvalue weighted by Gasteiger charge is 2.22. The molecule has 0 heterocycles. The van der Waals surface area contributed by atoms with E-state index in [0.29, 0.717) is 0 Å². The van der Waals surface area contributed by atoms with Gasteiger partial charge in [0.1, 0.15) is 5.75 Å². The average molecular weight is 604 g/mol. The highest BCUT2D eigenvalue weighted by molar-refractivity contribution is 9.10. The number of hydrogen-bond donors (Lipinski definition) is 5. The summed E-state index contributed by atoms with van der Waals surface area (Å²) in [6, 6.07) is 5.92. The maximum atomic E-state index is 11.3. The number of halogens is 2. The molecule has 168 valence electrons. The van der Waals surface area contributed by atoms with Gasteiger partial charge in [0, 0.05) is 0 Å². The summed E-state index contributed by atoms with van der Waals surface area (Å²) in [4.78, 5) is 0. The zero-order chi connectivity index (χ0) is 23.6. The van der Waals surface area contributed by atoms with Gasteiger partial charge in [-0.15, -0.1) is 0 Å². The van der Waals surface area contributed by atoms with Crippen molar-refractivity contribution >= 4 is 64.8 Å². The molecule has 5 N–H and O–H groups in total. The summed E-state index contributed by atoms with van der Waals surface area (Å²) >= 11 is 5.98. The predicted octanol–water partition coefficient (Wildman–Crippen LogP) is 3.35. The number of rotatable bonds is 7. The molecule has 0 saturated carbocycles. The Morgan fingerprint density at radius 3 is 1.68 bits per heavy atom. The summed E-state index contributed by atoms with van der Waals surface area (Å²) in [5, 5.41) is 28.9. The summed E-state index contributed by atoms with van der Waals surface area (Å²) < 4.78 is 72.3.